The van der Waals surface area contributed by atoms with Crippen LogP contribution in [0.3, 0.4) is 0 Å². The fourth-order valence-corrected chi connectivity index (χ4v) is 7.62. The summed E-state index contributed by atoms with van der Waals surface area (Å²) in [7, 11) is 0. The molecule has 0 saturated carbocycles. The van der Waals surface area contributed by atoms with Crippen molar-refractivity contribution in [3.8, 4) is 33.4 Å². The number of nitrogens with one attached hydrogen (secondary N) is 1. The average molecular weight is 588 g/mol. The summed E-state index contributed by atoms with van der Waals surface area (Å²) in [6.07, 6.45) is 0. The minimum atomic E-state index is -0.0754. The third kappa shape index (κ3) is 4.16. The third-order valence-electron chi connectivity index (χ3n) is 10.0. The number of hydrogen-bond donors (Lipinski definition) is 1. The maximum absolute atomic E-state index is 3.57. The summed E-state index contributed by atoms with van der Waals surface area (Å²) >= 11 is 0. The van der Waals surface area contributed by atoms with Crippen molar-refractivity contribution in [2.45, 2.75) is 19.3 Å². The Balaban J connectivity index is 1.08. The molecule has 1 nitrogen and oxygen atoms in total. The Morgan fingerprint density at radius 2 is 0.783 bits per heavy atom. The van der Waals surface area contributed by atoms with Crippen LogP contribution < -0.4 is 5.32 Å². The second kappa shape index (κ2) is 10.2. The Morgan fingerprint density at radius 3 is 1.37 bits per heavy atom. The van der Waals surface area contributed by atoms with Gasteiger partial charge in [-0.15, -0.1) is 0 Å². The smallest absolute Gasteiger partial charge is 0.0384 e. The van der Waals surface area contributed by atoms with E-state index >= 15 is 0 Å². The number of hydrogen-bond acceptors (Lipinski definition) is 1. The molecule has 0 unspecified atom stereocenters. The fraction of sp³-hybridized carbons (Fsp3) is 0.0667. The normalized spacial score (nSPS) is 13.2. The van der Waals surface area contributed by atoms with Crippen LogP contribution in [0, 0.1) is 0 Å². The molecule has 0 amide bonds. The van der Waals surface area contributed by atoms with Crippen LogP contribution >= 0.6 is 0 Å². The molecule has 1 heteroatoms. The number of benzene rings is 8. The van der Waals surface area contributed by atoms with Gasteiger partial charge in [0.15, 0.2) is 0 Å². The van der Waals surface area contributed by atoms with E-state index in [1.54, 1.807) is 0 Å². The molecule has 0 aromatic heterocycles. The minimum Gasteiger partial charge on any atom is -0.356 e. The molecule has 9 rings (SSSR count). The van der Waals surface area contributed by atoms with Gasteiger partial charge in [0, 0.05) is 16.8 Å². The summed E-state index contributed by atoms with van der Waals surface area (Å²) in [6.45, 7) is 4.75. The maximum atomic E-state index is 3.57. The summed E-state index contributed by atoms with van der Waals surface area (Å²) in [5.41, 5.74) is 12.5. The van der Waals surface area contributed by atoms with Crippen LogP contribution in [0.1, 0.15) is 25.0 Å². The van der Waals surface area contributed by atoms with Crippen LogP contribution in [0.25, 0.3) is 65.7 Å². The molecule has 8 aromatic carbocycles. The quantitative estimate of drug-likeness (QED) is 0.202. The van der Waals surface area contributed by atoms with Gasteiger partial charge in [-0.05, 0) is 119 Å². The predicted molar refractivity (Wildman–Crippen MR) is 197 cm³/mol. The van der Waals surface area contributed by atoms with Crippen molar-refractivity contribution in [1.29, 1.82) is 0 Å². The highest BCUT2D eigenvalue weighted by molar-refractivity contribution is 6.26. The zero-order chi connectivity index (χ0) is 30.8. The molecule has 8 aromatic rings. The number of anilines is 2. The topological polar surface area (TPSA) is 12.0 Å². The van der Waals surface area contributed by atoms with Crippen molar-refractivity contribution in [1.82, 2.24) is 0 Å². The molecule has 0 atom stereocenters. The van der Waals surface area contributed by atoms with Gasteiger partial charge in [0.25, 0.3) is 0 Å². The van der Waals surface area contributed by atoms with Crippen LogP contribution in [0.15, 0.2) is 158 Å². The van der Waals surface area contributed by atoms with Crippen LogP contribution in [-0.2, 0) is 5.41 Å². The first-order valence-electron chi connectivity index (χ1n) is 16.1. The van der Waals surface area contributed by atoms with E-state index in [1.165, 1.54) is 76.8 Å². The highest BCUT2D eigenvalue weighted by Crippen LogP contribution is 2.52. The predicted octanol–water partition coefficient (Wildman–Crippen LogP) is 12.5. The molecule has 218 valence electrons. The van der Waals surface area contributed by atoms with E-state index in [2.05, 4.69) is 177 Å². The molecule has 0 heterocycles. The van der Waals surface area contributed by atoms with Gasteiger partial charge in [-0.1, -0.05) is 129 Å². The Labute approximate surface area is 269 Å². The largest absolute Gasteiger partial charge is 0.356 e. The van der Waals surface area contributed by atoms with Crippen molar-refractivity contribution in [2.24, 2.45) is 0 Å². The van der Waals surface area contributed by atoms with Crippen LogP contribution in [0.2, 0.25) is 0 Å². The molecule has 1 aliphatic rings. The molecule has 0 spiro atoms. The summed E-state index contributed by atoms with van der Waals surface area (Å²) in [5.74, 6) is 0. The standard InChI is InChI=1S/C45H33N/c1-45(2)43-25-20-32(31-18-23-34(24-19-31)46-33-21-16-30(17-22-33)29-10-4-3-5-11-29)26-41(43)42-27-39-37-14-8-6-12-35(37)36-13-7-9-15-38(36)40(39)28-44(42)45/h3-28,46H,1-2H3. The van der Waals surface area contributed by atoms with Gasteiger partial charge in [0.05, 0.1) is 0 Å². The van der Waals surface area contributed by atoms with Crippen LogP contribution in [-0.4, -0.2) is 0 Å². The van der Waals surface area contributed by atoms with Crippen LogP contribution in [0.5, 0.6) is 0 Å². The van der Waals surface area contributed by atoms with Crippen molar-refractivity contribution >= 4 is 43.7 Å². The Hall–Kier alpha value is -5.66. The summed E-state index contributed by atoms with van der Waals surface area (Å²) < 4.78 is 0. The molecule has 0 saturated heterocycles. The molecular formula is C45H33N. The lowest BCUT2D eigenvalue weighted by Crippen LogP contribution is -2.14. The molecule has 1 aliphatic carbocycles. The first-order chi connectivity index (χ1) is 22.5. The van der Waals surface area contributed by atoms with Gasteiger partial charge < -0.3 is 5.32 Å². The second-order valence-corrected chi connectivity index (χ2v) is 13.1. The lowest BCUT2D eigenvalue weighted by molar-refractivity contribution is 0.661. The molecule has 0 radical (unpaired) electrons. The molecule has 46 heavy (non-hydrogen) atoms. The lowest BCUT2D eigenvalue weighted by atomic mass is 9.81. The lowest BCUT2D eigenvalue weighted by Gasteiger charge is -2.22. The van der Waals surface area contributed by atoms with Crippen molar-refractivity contribution in [3.63, 3.8) is 0 Å². The average Bonchev–Trinajstić information content (AvgIpc) is 3.33. The van der Waals surface area contributed by atoms with E-state index in [4.69, 9.17) is 0 Å². The highest BCUT2D eigenvalue weighted by atomic mass is 14.9. The van der Waals surface area contributed by atoms with Crippen LogP contribution in [0.4, 0.5) is 11.4 Å². The Morgan fingerprint density at radius 1 is 0.348 bits per heavy atom. The number of rotatable bonds is 4. The Bertz CT molecular complexity index is 2430. The summed E-state index contributed by atoms with van der Waals surface area (Å²) in [6, 6.07) is 57.7. The van der Waals surface area contributed by atoms with Crippen molar-refractivity contribution < 1.29 is 0 Å². The fourth-order valence-electron chi connectivity index (χ4n) is 7.62. The Kier molecular flexibility index (Phi) is 5.92. The molecular weight excluding hydrogens is 555 g/mol. The zero-order valence-electron chi connectivity index (χ0n) is 26.0. The second-order valence-electron chi connectivity index (χ2n) is 13.1. The van der Waals surface area contributed by atoms with E-state index < -0.39 is 0 Å². The molecule has 0 aliphatic heterocycles. The van der Waals surface area contributed by atoms with E-state index in [0.29, 0.717) is 0 Å². The first-order valence-corrected chi connectivity index (χ1v) is 16.1. The van der Waals surface area contributed by atoms with Crippen molar-refractivity contribution in [2.75, 3.05) is 5.32 Å². The summed E-state index contributed by atoms with van der Waals surface area (Å²) in [4.78, 5) is 0. The van der Waals surface area contributed by atoms with Gasteiger partial charge in [0.2, 0.25) is 0 Å². The van der Waals surface area contributed by atoms with E-state index in [-0.39, 0.29) is 5.41 Å². The van der Waals surface area contributed by atoms with E-state index in [0.717, 1.165) is 11.4 Å². The SMILES string of the molecule is CC1(C)c2ccc(-c3ccc(Nc4ccc(-c5ccccc5)cc4)cc3)cc2-c2cc3c4ccccc4c4ccccc4c3cc21. The van der Waals surface area contributed by atoms with Gasteiger partial charge in [-0.25, -0.2) is 0 Å². The molecule has 0 bridgehead atoms. The minimum absolute atomic E-state index is 0.0754. The zero-order valence-corrected chi connectivity index (χ0v) is 26.0. The molecule has 1 N–H and O–H groups in total. The highest BCUT2D eigenvalue weighted by Gasteiger charge is 2.36. The van der Waals surface area contributed by atoms with Gasteiger partial charge in [-0.3, -0.25) is 0 Å². The van der Waals surface area contributed by atoms with Gasteiger partial charge in [-0.2, -0.15) is 0 Å². The van der Waals surface area contributed by atoms with Gasteiger partial charge >= 0.3 is 0 Å². The third-order valence-corrected chi connectivity index (χ3v) is 10.0. The monoisotopic (exact) mass is 587 g/mol. The first kappa shape index (κ1) is 26.7. The molecule has 0 fully saturated rings. The summed E-state index contributed by atoms with van der Waals surface area (Å²) in [5, 5.41) is 11.5. The maximum Gasteiger partial charge on any atom is 0.0384 e. The van der Waals surface area contributed by atoms with E-state index in [1.807, 2.05) is 0 Å². The van der Waals surface area contributed by atoms with Crippen molar-refractivity contribution in [3.05, 3.63) is 169 Å². The van der Waals surface area contributed by atoms with E-state index in [9.17, 15) is 0 Å². The number of fused-ring (bicyclic) bond motifs is 9. The van der Waals surface area contributed by atoms with Gasteiger partial charge in [0.1, 0.15) is 0 Å².